The lowest BCUT2D eigenvalue weighted by atomic mass is 9.84. The van der Waals surface area contributed by atoms with Crippen molar-refractivity contribution >= 4 is 5.91 Å². The smallest absolute Gasteiger partial charge is 0.376 e. The van der Waals surface area contributed by atoms with Gasteiger partial charge in [0.1, 0.15) is 0 Å². The maximum Gasteiger partial charge on any atom is 0.416 e. The largest absolute Gasteiger partial charge is 0.416 e. The predicted molar refractivity (Wildman–Crippen MR) is 89.8 cm³/mol. The van der Waals surface area contributed by atoms with E-state index in [0.29, 0.717) is 26.1 Å². The van der Waals surface area contributed by atoms with Crippen molar-refractivity contribution in [2.45, 2.75) is 56.3 Å². The van der Waals surface area contributed by atoms with E-state index in [0.717, 1.165) is 25.3 Å². The van der Waals surface area contributed by atoms with Crippen LogP contribution in [0.15, 0.2) is 24.3 Å². The lowest BCUT2D eigenvalue weighted by Gasteiger charge is -2.31. The van der Waals surface area contributed by atoms with E-state index in [1.807, 2.05) is 0 Å². The third-order valence-corrected chi connectivity index (χ3v) is 5.12. The van der Waals surface area contributed by atoms with Crippen LogP contribution in [0, 0.1) is 0 Å². The summed E-state index contributed by atoms with van der Waals surface area (Å²) in [6.07, 6.45) is -1.11. The van der Waals surface area contributed by atoms with E-state index in [4.69, 9.17) is 9.47 Å². The first-order chi connectivity index (χ1) is 12.5. The number of carbonyl (C=O) groups is 1. The summed E-state index contributed by atoms with van der Waals surface area (Å²) < 4.78 is 51.1. The molecule has 0 radical (unpaired) electrons. The zero-order valence-electron chi connectivity index (χ0n) is 14.6. The number of halogens is 3. The van der Waals surface area contributed by atoms with Gasteiger partial charge in [-0.05, 0) is 24.5 Å². The lowest BCUT2D eigenvalue weighted by Crippen LogP contribution is -2.48. The molecule has 26 heavy (non-hydrogen) atoms. The Morgan fingerprint density at radius 2 is 1.85 bits per heavy atom. The summed E-state index contributed by atoms with van der Waals surface area (Å²) in [5.74, 6) is -0.658. The summed E-state index contributed by atoms with van der Waals surface area (Å²) in [5.41, 5.74) is -0.337. The minimum absolute atomic E-state index is 0.183. The van der Waals surface area contributed by atoms with E-state index < -0.39 is 17.8 Å². The second-order valence-corrected chi connectivity index (χ2v) is 6.88. The average Bonchev–Trinajstić information content (AvgIpc) is 2.87. The van der Waals surface area contributed by atoms with Gasteiger partial charge >= 0.3 is 6.18 Å². The van der Waals surface area contributed by atoms with E-state index in [2.05, 4.69) is 5.32 Å². The third-order valence-electron chi connectivity index (χ3n) is 5.12. The molecule has 3 rings (SSSR count). The summed E-state index contributed by atoms with van der Waals surface area (Å²) in [4.78, 5) is 12.5. The molecule has 1 aromatic rings. The second-order valence-electron chi connectivity index (χ2n) is 6.88. The van der Waals surface area contributed by atoms with E-state index in [1.165, 1.54) is 12.1 Å². The van der Waals surface area contributed by atoms with Gasteiger partial charge in [0.15, 0.2) is 6.10 Å². The van der Waals surface area contributed by atoms with Crippen LogP contribution >= 0.6 is 0 Å². The Kier molecular flexibility index (Phi) is 6.19. The summed E-state index contributed by atoms with van der Waals surface area (Å²) in [6.45, 7) is 0.986. The van der Waals surface area contributed by atoms with Gasteiger partial charge in [-0.25, -0.2) is 0 Å². The summed E-state index contributed by atoms with van der Waals surface area (Å²) >= 11 is 0. The molecule has 2 aliphatic rings. The molecule has 3 atom stereocenters. The van der Waals surface area contributed by atoms with Crippen molar-refractivity contribution in [1.29, 1.82) is 0 Å². The average molecular weight is 371 g/mol. The van der Waals surface area contributed by atoms with E-state index >= 15 is 0 Å². The fourth-order valence-corrected chi connectivity index (χ4v) is 3.85. The van der Waals surface area contributed by atoms with Gasteiger partial charge in [-0.1, -0.05) is 37.5 Å². The highest BCUT2D eigenvalue weighted by molar-refractivity contribution is 5.81. The monoisotopic (exact) mass is 371 g/mol. The van der Waals surface area contributed by atoms with E-state index in [-0.39, 0.29) is 30.0 Å². The second kappa shape index (κ2) is 8.39. The van der Waals surface area contributed by atoms with Crippen molar-refractivity contribution < 1.29 is 27.4 Å². The van der Waals surface area contributed by atoms with Crippen molar-refractivity contribution in [3.8, 4) is 0 Å². The summed E-state index contributed by atoms with van der Waals surface area (Å²) in [7, 11) is 0. The number of benzene rings is 1. The molecule has 1 aromatic carbocycles. The van der Waals surface area contributed by atoms with E-state index in [1.54, 1.807) is 6.07 Å². The first-order valence-electron chi connectivity index (χ1n) is 9.12. The van der Waals surface area contributed by atoms with Gasteiger partial charge in [-0.15, -0.1) is 0 Å². The highest BCUT2D eigenvalue weighted by atomic mass is 19.4. The fourth-order valence-electron chi connectivity index (χ4n) is 3.85. The van der Waals surface area contributed by atoms with Gasteiger partial charge in [-0.3, -0.25) is 4.79 Å². The van der Waals surface area contributed by atoms with Crippen LogP contribution in [-0.2, 0) is 20.4 Å². The molecule has 1 aliphatic carbocycles. The SMILES string of the molecule is O=C(N[C@@H]1CCCCC[C@H]1c1ccccc1C(F)(F)F)[C@H]1COCCO1. The van der Waals surface area contributed by atoms with Crippen molar-refractivity contribution in [2.24, 2.45) is 0 Å². The Morgan fingerprint density at radius 1 is 1.08 bits per heavy atom. The molecule has 2 fully saturated rings. The van der Waals surface area contributed by atoms with Crippen LogP contribution in [0.25, 0.3) is 0 Å². The molecule has 4 nitrogen and oxygen atoms in total. The van der Waals surface area contributed by atoms with Gasteiger partial charge in [0.25, 0.3) is 5.91 Å². The number of amides is 1. The number of hydrogen-bond acceptors (Lipinski definition) is 3. The molecule has 1 saturated carbocycles. The van der Waals surface area contributed by atoms with Crippen LogP contribution < -0.4 is 5.32 Å². The molecule has 1 aliphatic heterocycles. The quantitative estimate of drug-likeness (QED) is 0.825. The Hall–Kier alpha value is -1.60. The van der Waals surface area contributed by atoms with Crippen molar-refractivity contribution in [3.05, 3.63) is 35.4 Å². The van der Waals surface area contributed by atoms with Crippen LogP contribution in [0.5, 0.6) is 0 Å². The molecule has 144 valence electrons. The number of ether oxygens (including phenoxy) is 2. The van der Waals surface area contributed by atoms with Crippen molar-refractivity contribution in [3.63, 3.8) is 0 Å². The van der Waals surface area contributed by atoms with Crippen molar-refractivity contribution in [2.75, 3.05) is 19.8 Å². The molecule has 0 aromatic heterocycles. The molecule has 7 heteroatoms. The number of alkyl halides is 3. The lowest BCUT2D eigenvalue weighted by molar-refractivity contribution is -0.148. The Morgan fingerprint density at radius 3 is 2.58 bits per heavy atom. The van der Waals surface area contributed by atoms with Gasteiger partial charge in [0.05, 0.1) is 25.4 Å². The number of hydrogen-bond donors (Lipinski definition) is 1. The zero-order chi connectivity index (χ0) is 18.6. The molecule has 1 saturated heterocycles. The molecule has 0 bridgehead atoms. The molecular formula is C19H24F3NO3. The molecule has 1 N–H and O–H groups in total. The molecule has 1 amide bonds. The van der Waals surface area contributed by atoms with Crippen LogP contribution in [0.2, 0.25) is 0 Å². The topological polar surface area (TPSA) is 47.6 Å². The number of nitrogens with one attached hydrogen (secondary N) is 1. The van der Waals surface area contributed by atoms with Crippen LogP contribution in [0.3, 0.4) is 0 Å². The van der Waals surface area contributed by atoms with Crippen LogP contribution in [0.1, 0.15) is 49.1 Å². The molecule has 1 heterocycles. The minimum Gasteiger partial charge on any atom is -0.376 e. The van der Waals surface area contributed by atoms with E-state index in [9.17, 15) is 18.0 Å². The Bertz CT molecular complexity index is 614. The highest BCUT2D eigenvalue weighted by Gasteiger charge is 2.38. The summed E-state index contributed by atoms with van der Waals surface area (Å²) in [6, 6.07) is 5.37. The molecule has 0 unspecified atom stereocenters. The summed E-state index contributed by atoms with van der Waals surface area (Å²) in [5, 5.41) is 2.94. The van der Waals surface area contributed by atoms with Crippen LogP contribution in [-0.4, -0.2) is 37.9 Å². The Labute approximate surface area is 151 Å². The van der Waals surface area contributed by atoms with Crippen LogP contribution in [0.4, 0.5) is 13.2 Å². The number of carbonyl (C=O) groups excluding carboxylic acids is 1. The standard InChI is InChI=1S/C19H24F3NO3/c20-19(21,22)15-8-5-4-6-13(15)14-7-2-1-3-9-16(14)23-18(24)17-12-25-10-11-26-17/h4-6,8,14,16-17H,1-3,7,9-12H2,(H,23,24)/t14-,16+,17+/m0/s1. The number of rotatable bonds is 3. The highest BCUT2D eigenvalue weighted by Crippen LogP contribution is 2.40. The normalized spacial score (nSPS) is 27.6. The van der Waals surface area contributed by atoms with Gasteiger partial charge in [0.2, 0.25) is 0 Å². The molecule has 0 spiro atoms. The molecular weight excluding hydrogens is 347 g/mol. The maximum atomic E-state index is 13.5. The first-order valence-corrected chi connectivity index (χ1v) is 9.12. The zero-order valence-corrected chi connectivity index (χ0v) is 14.6. The van der Waals surface area contributed by atoms with Gasteiger partial charge in [-0.2, -0.15) is 13.2 Å². The van der Waals surface area contributed by atoms with Gasteiger partial charge < -0.3 is 14.8 Å². The van der Waals surface area contributed by atoms with Gasteiger partial charge in [0, 0.05) is 12.0 Å². The Balaban J connectivity index is 1.82. The predicted octanol–water partition coefficient (Wildman–Crippen LogP) is 3.65. The minimum atomic E-state index is -4.40. The van der Waals surface area contributed by atoms with Crippen molar-refractivity contribution in [1.82, 2.24) is 5.32 Å². The maximum absolute atomic E-state index is 13.5. The fraction of sp³-hybridized carbons (Fsp3) is 0.632. The first kappa shape index (κ1) is 19.2. The third kappa shape index (κ3) is 4.57.